The van der Waals surface area contributed by atoms with Gasteiger partial charge in [-0.1, -0.05) is 25.8 Å². The van der Waals surface area contributed by atoms with Crippen LogP contribution in [-0.2, 0) is 9.59 Å². The fourth-order valence-electron chi connectivity index (χ4n) is 2.17. The van der Waals surface area contributed by atoms with Crippen molar-refractivity contribution in [1.82, 2.24) is 10.6 Å². The van der Waals surface area contributed by atoms with E-state index < -0.39 is 5.41 Å². The summed E-state index contributed by atoms with van der Waals surface area (Å²) in [6.07, 6.45) is 1.09. The van der Waals surface area contributed by atoms with Crippen LogP contribution in [0, 0.1) is 11.3 Å². The monoisotopic (exact) mass is 254 g/mol. The van der Waals surface area contributed by atoms with Crippen molar-refractivity contribution in [2.75, 3.05) is 0 Å². The Bertz CT molecular complexity index is 370. The topological polar surface area (TPSA) is 58.2 Å². The molecule has 0 spiro atoms. The van der Waals surface area contributed by atoms with Gasteiger partial charge in [0.25, 0.3) is 0 Å². The van der Waals surface area contributed by atoms with E-state index in [4.69, 9.17) is 12.2 Å². The highest BCUT2D eigenvalue weighted by Crippen LogP contribution is 2.38. The number of hydrogen-bond acceptors (Lipinski definition) is 3. The maximum Gasteiger partial charge on any atom is 0.242 e. The van der Waals surface area contributed by atoms with Crippen LogP contribution in [0.25, 0.3) is 0 Å². The van der Waals surface area contributed by atoms with Gasteiger partial charge < -0.3 is 10.6 Å². The molecule has 1 aliphatic rings. The Labute approximate surface area is 107 Å². The van der Waals surface area contributed by atoms with Crippen molar-refractivity contribution in [2.45, 2.75) is 33.6 Å². The Balaban J connectivity index is 3.20. The van der Waals surface area contributed by atoms with Crippen molar-refractivity contribution in [3.05, 3.63) is 12.2 Å². The van der Waals surface area contributed by atoms with Crippen LogP contribution in [0.2, 0.25) is 0 Å². The van der Waals surface area contributed by atoms with Gasteiger partial charge in [-0.2, -0.15) is 0 Å². The molecule has 94 valence electrons. The molecule has 0 aromatic heterocycles. The smallest absolute Gasteiger partial charge is 0.242 e. The Hall–Kier alpha value is -1.23. The summed E-state index contributed by atoms with van der Waals surface area (Å²) in [6, 6.07) is 0. The van der Waals surface area contributed by atoms with E-state index in [9.17, 15) is 9.59 Å². The van der Waals surface area contributed by atoms with E-state index in [-0.39, 0.29) is 22.8 Å². The summed E-state index contributed by atoms with van der Waals surface area (Å²) in [5.41, 5.74) is -0.272. The van der Waals surface area contributed by atoms with Gasteiger partial charge in [-0.3, -0.25) is 9.59 Å². The van der Waals surface area contributed by atoms with E-state index in [0.717, 1.165) is 12.0 Å². The van der Waals surface area contributed by atoms with Crippen molar-refractivity contribution < 1.29 is 9.59 Å². The predicted octanol–water partition coefficient (Wildman–Crippen LogP) is 1.52. The van der Waals surface area contributed by atoms with E-state index in [1.54, 1.807) is 0 Å². The zero-order valence-electron chi connectivity index (χ0n) is 10.4. The largest absolute Gasteiger partial charge is 0.302 e. The molecule has 1 heterocycles. The number of thiocarbonyl (C=S) groups is 1. The summed E-state index contributed by atoms with van der Waals surface area (Å²) in [6.45, 7) is 9.48. The molecule has 0 bridgehead atoms. The molecule has 1 unspecified atom stereocenters. The molecule has 0 aromatic rings. The highest BCUT2D eigenvalue weighted by Gasteiger charge is 2.52. The summed E-state index contributed by atoms with van der Waals surface area (Å²) < 4.78 is 0. The van der Waals surface area contributed by atoms with Crippen LogP contribution in [0.5, 0.6) is 0 Å². The molecule has 5 heteroatoms. The van der Waals surface area contributed by atoms with Gasteiger partial charge in [-0.15, -0.1) is 6.58 Å². The van der Waals surface area contributed by atoms with Gasteiger partial charge >= 0.3 is 0 Å². The molecular formula is C12H18N2O2S. The molecule has 1 saturated heterocycles. The lowest BCUT2D eigenvalue weighted by atomic mass is 9.69. The lowest BCUT2D eigenvalue weighted by molar-refractivity contribution is -0.147. The second-order valence-corrected chi connectivity index (χ2v) is 5.06. The predicted molar refractivity (Wildman–Crippen MR) is 70.2 cm³/mol. The first kappa shape index (κ1) is 13.8. The molecule has 0 radical (unpaired) electrons. The molecule has 1 aliphatic heterocycles. The molecule has 1 rings (SSSR count). The fourth-order valence-corrected chi connectivity index (χ4v) is 2.36. The van der Waals surface area contributed by atoms with Crippen LogP contribution in [-0.4, -0.2) is 16.9 Å². The number of rotatable bonds is 4. The van der Waals surface area contributed by atoms with Crippen LogP contribution in [0.15, 0.2) is 12.2 Å². The number of nitrogens with one attached hydrogen (secondary N) is 2. The highest BCUT2D eigenvalue weighted by molar-refractivity contribution is 7.80. The SMILES string of the molecule is C=C(C)CC1(C(C)CC)C(=O)NC(=S)NC1=O. The average molecular weight is 254 g/mol. The normalized spacial score (nSPS) is 20.5. The molecule has 0 saturated carbocycles. The first-order valence-corrected chi connectivity index (χ1v) is 6.06. The summed E-state index contributed by atoms with van der Waals surface area (Å²) in [7, 11) is 0. The summed E-state index contributed by atoms with van der Waals surface area (Å²) in [5, 5.41) is 5.17. The van der Waals surface area contributed by atoms with Crippen LogP contribution in [0.4, 0.5) is 0 Å². The quantitative estimate of drug-likeness (QED) is 0.454. The van der Waals surface area contributed by atoms with Gasteiger partial charge in [0.2, 0.25) is 11.8 Å². The minimum absolute atomic E-state index is 0.0673. The van der Waals surface area contributed by atoms with Crippen molar-refractivity contribution in [3.63, 3.8) is 0 Å². The van der Waals surface area contributed by atoms with Gasteiger partial charge in [0.1, 0.15) is 5.41 Å². The van der Waals surface area contributed by atoms with Crippen LogP contribution in [0.3, 0.4) is 0 Å². The minimum Gasteiger partial charge on any atom is -0.302 e. The third kappa shape index (κ3) is 2.39. The van der Waals surface area contributed by atoms with Gasteiger partial charge in [0.15, 0.2) is 5.11 Å². The summed E-state index contributed by atoms with van der Waals surface area (Å²) in [5.74, 6) is -0.700. The summed E-state index contributed by atoms with van der Waals surface area (Å²) in [4.78, 5) is 24.3. The molecule has 2 N–H and O–H groups in total. The molecule has 4 nitrogen and oxygen atoms in total. The second-order valence-electron chi connectivity index (χ2n) is 4.65. The molecule has 1 atom stereocenters. The van der Waals surface area contributed by atoms with E-state index in [2.05, 4.69) is 17.2 Å². The maximum atomic E-state index is 12.2. The summed E-state index contributed by atoms with van der Waals surface area (Å²) >= 11 is 4.81. The highest BCUT2D eigenvalue weighted by atomic mass is 32.1. The number of hydrogen-bond donors (Lipinski definition) is 2. The Morgan fingerprint density at radius 3 is 2.24 bits per heavy atom. The maximum absolute atomic E-state index is 12.2. The fraction of sp³-hybridized carbons (Fsp3) is 0.583. The van der Waals surface area contributed by atoms with Crippen molar-refractivity contribution >= 4 is 29.1 Å². The second kappa shape index (κ2) is 4.96. The zero-order valence-corrected chi connectivity index (χ0v) is 11.2. The molecule has 17 heavy (non-hydrogen) atoms. The standard InChI is InChI=1S/C12H18N2O2S/c1-5-8(4)12(6-7(2)3)9(15)13-11(17)14-10(12)16/h8H,2,5-6H2,1,3-4H3,(H2,13,14,15,16,17). The van der Waals surface area contributed by atoms with Crippen LogP contribution >= 0.6 is 12.2 Å². The minimum atomic E-state index is -1.08. The Kier molecular flexibility index (Phi) is 4.03. The zero-order chi connectivity index (χ0) is 13.2. The van der Waals surface area contributed by atoms with Gasteiger partial charge in [0, 0.05) is 0 Å². The van der Waals surface area contributed by atoms with Crippen LogP contribution < -0.4 is 10.6 Å². The lowest BCUT2D eigenvalue weighted by Crippen LogP contribution is -2.64. The lowest BCUT2D eigenvalue weighted by Gasteiger charge is -2.39. The third-order valence-corrected chi connectivity index (χ3v) is 3.50. The van der Waals surface area contributed by atoms with E-state index in [1.807, 2.05) is 20.8 Å². The van der Waals surface area contributed by atoms with Gasteiger partial charge in [-0.05, 0) is 31.5 Å². The molecular weight excluding hydrogens is 236 g/mol. The van der Waals surface area contributed by atoms with Crippen molar-refractivity contribution in [1.29, 1.82) is 0 Å². The molecule has 0 aliphatic carbocycles. The van der Waals surface area contributed by atoms with E-state index in [0.29, 0.717) is 6.42 Å². The van der Waals surface area contributed by atoms with Crippen molar-refractivity contribution in [2.24, 2.45) is 11.3 Å². The molecule has 2 amide bonds. The van der Waals surface area contributed by atoms with Crippen molar-refractivity contribution in [3.8, 4) is 0 Å². The first-order valence-electron chi connectivity index (χ1n) is 5.65. The number of carbonyl (C=O) groups excluding carboxylic acids is 2. The molecule has 1 fully saturated rings. The average Bonchev–Trinajstić information content (AvgIpc) is 2.22. The third-order valence-electron chi connectivity index (χ3n) is 3.30. The van der Waals surface area contributed by atoms with E-state index >= 15 is 0 Å². The van der Waals surface area contributed by atoms with E-state index in [1.165, 1.54) is 0 Å². The number of amides is 2. The first-order chi connectivity index (χ1) is 7.84. The van der Waals surface area contributed by atoms with Crippen LogP contribution in [0.1, 0.15) is 33.6 Å². The van der Waals surface area contributed by atoms with Gasteiger partial charge in [0.05, 0.1) is 0 Å². The van der Waals surface area contributed by atoms with Gasteiger partial charge in [-0.25, -0.2) is 0 Å². The molecule has 0 aromatic carbocycles. The Morgan fingerprint density at radius 1 is 1.41 bits per heavy atom. The Morgan fingerprint density at radius 2 is 1.88 bits per heavy atom. The number of allylic oxidation sites excluding steroid dienone is 1. The number of carbonyl (C=O) groups is 2.